The summed E-state index contributed by atoms with van der Waals surface area (Å²) < 4.78 is 6.63. The van der Waals surface area contributed by atoms with E-state index in [1.807, 2.05) is 0 Å². The zero-order valence-electron chi connectivity index (χ0n) is 11.3. The molecule has 0 saturated carbocycles. The van der Waals surface area contributed by atoms with Crippen LogP contribution < -0.4 is 16.6 Å². The SMILES string of the molecule is COCCn1cc(NC(=O)c2cnc(NN)c(Cl)c2)cn1. The second-order valence-electron chi connectivity index (χ2n) is 4.14. The van der Waals surface area contributed by atoms with Crippen LogP contribution in [0.15, 0.2) is 24.7 Å². The van der Waals surface area contributed by atoms with Gasteiger partial charge in [0.1, 0.15) is 0 Å². The predicted octanol–water partition coefficient (Wildman–Crippen LogP) is 1.12. The quantitative estimate of drug-likeness (QED) is 0.545. The van der Waals surface area contributed by atoms with Crippen molar-refractivity contribution in [3.63, 3.8) is 0 Å². The van der Waals surface area contributed by atoms with Crippen LogP contribution in [-0.4, -0.2) is 34.4 Å². The number of carbonyl (C=O) groups excluding carboxylic acids is 1. The van der Waals surface area contributed by atoms with E-state index < -0.39 is 0 Å². The maximum absolute atomic E-state index is 12.1. The number of hydrazine groups is 1. The molecular weight excluding hydrogens is 296 g/mol. The number of nitrogens with one attached hydrogen (secondary N) is 2. The number of anilines is 2. The van der Waals surface area contributed by atoms with Crippen molar-refractivity contribution in [3.8, 4) is 0 Å². The number of methoxy groups -OCH3 is 1. The monoisotopic (exact) mass is 310 g/mol. The summed E-state index contributed by atoms with van der Waals surface area (Å²) in [5.41, 5.74) is 3.23. The number of pyridine rings is 1. The number of hydrogen-bond acceptors (Lipinski definition) is 6. The smallest absolute Gasteiger partial charge is 0.257 e. The van der Waals surface area contributed by atoms with Gasteiger partial charge < -0.3 is 15.5 Å². The van der Waals surface area contributed by atoms with E-state index in [1.54, 1.807) is 24.2 Å². The minimum Gasteiger partial charge on any atom is -0.383 e. The van der Waals surface area contributed by atoms with Crippen LogP contribution in [0.5, 0.6) is 0 Å². The molecule has 2 aromatic rings. The molecule has 2 aromatic heterocycles. The van der Waals surface area contributed by atoms with Gasteiger partial charge in [0.15, 0.2) is 5.82 Å². The van der Waals surface area contributed by atoms with Crippen LogP contribution in [0.2, 0.25) is 5.02 Å². The summed E-state index contributed by atoms with van der Waals surface area (Å²) in [6.07, 6.45) is 4.64. The van der Waals surface area contributed by atoms with E-state index in [2.05, 4.69) is 20.8 Å². The van der Waals surface area contributed by atoms with Crippen molar-refractivity contribution < 1.29 is 9.53 Å². The van der Waals surface area contributed by atoms with Gasteiger partial charge in [-0.25, -0.2) is 10.8 Å². The summed E-state index contributed by atoms with van der Waals surface area (Å²) in [6.45, 7) is 1.15. The Balaban J connectivity index is 2.03. The van der Waals surface area contributed by atoms with Crippen molar-refractivity contribution in [1.82, 2.24) is 14.8 Å². The van der Waals surface area contributed by atoms with Gasteiger partial charge in [0.05, 0.1) is 35.6 Å². The first-order chi connectivity index (χ1) is 10.1. The van der Waals surface area contributed by atoms with E-state index in [4.69, 9.17) is 22.2 Å². The molecule has 21 heavy (non-hydrogen) atoms. The number of rotatable bonds is 6. The average molecular weight is 311 g/mol. The number of hydrogen-bond donors (Lipinski definition) is 3. The maximum Gasteiger partial charge on any atom is 0.257 e. The van der Waals surface area contributed by atoms with E-state index in [0.29, 0.717) is 30.2 Å². The average Bonchev–Trinajstić information content (AvgIpc) is 2.92. The highest BCUT2D eigenvalue weighted by molar-refractivity contribution is 6.33. The number of nitrogen functional groups attached to an aromatic ring is 1. The summed E-state index contributed by atoms with van der Waals surface area (Å²) in [5, 5.41) is 7.07. The molecule has 2 heterocycles. The Labute approximate surface area is 126 Å². The number of ether oxygens (including phenoxy) is 1. The minimum atomic E-state index is -0.334. The molecule has 9 heteroatoms. The highest BCUT2D eigenvalue weighted by Gasteiger charge is 2.11. The molecule has 1 amide bonds. The highest BCUT2D eigenvalue weighted by Crippen LogP contribution is 2.19. The molecule has 0 spiro atoms. The second kappa shape index (κ2) is 7.02. The van der Waals surface area contributed by atoms with Crippen LogP contribution in [0.4, 0.5) is 11.5 Å². The van der Waals surface area contributed by atoms with Crippen LogP contribution in [0, 0.1) is 0 Å². The second-order valence-corrected chi connectivity index (χ2v) is 4.54. The fourth-order valence-corrected chi connectivity index (χ4v) is 1.83. The fraction of sp³-hybridized carbons (Fsp3) is 0.250. The Bertz CT molecular complexity index is 630. The Hall–Kier alpha value is -2.16. The molecule has 0 aliphatic heterocycles. The summed E-state index contributed by atoms with van der Waals surface area (Å²) in [6, 6.07) is 1.48. The summed E-state index contributed by atoms with van der Waals surface area (Å²) >= 11 is 5.92. The number of amides is 1. The Morgan fingerprint density at radius 1 is 1.52 bits per heavy atom. The fourth-order valence-electron chi connectivity index (χ4n) is 1.61. The van der Waals surface area contributed by atoms with Gasteiger partial charge in [-0.15, -0.1) is 0 Å². The van der Waals surface area contributed by atoms with Gasteiger partial charge >= 0.3 is 0 Å². The molecule has 8 nitrogen and oxygen atoms in total. The number of halogens is 1. The lowest BCUT2D eigenvalue weighted by Crippen LogP contribution is -2.14. The minimum absolute atomic E-state index is 0.265. The molecule has 0 fully saturated rings. The van der Waals surface area contributed by atoms with Gasteiger partial charge in [0.25, 0.3) is 5.91 Å². The standard InChI is InChI=1S/C12H15ClN6O2/c1-21-3-2-19-7-9(6-16-19)17-12(20)8-4-10(13)11(18-14)15-5-8/h4-7H,2-3,14H2,1H3,(H,15,18)(H,17,20). The normalized spacial score (nSPS) is 10.4. The molecular formula is C12H15ClN6O2. The third-order valence-corrected chi connectivity index (χ3v) is 2.94. The number of carbonyl (C=O) groups is 1. The molecule has 0 aromatic carbocycles. The van der Waals surface area contributed by atoms with Crippen molar-refractivity contribution in [1.29, 1.82) is 0 Å². The van der Waals surface area contributed by atoms with Gasteiger partial charge in [-0.3, -0.25) is 9.48 Å². The van der Waals surface area contributed by atoms with Crippen molar-refractivity contribution in [2.75, 3.05) is 24.5 Å². The van der Waals surface area contributed by atoms with Gasteiger partial charge in [0, 0.05) is 19.5 Å². The van der Waals surface area contributed by atoms with Gasteiger partial charge in [-0.05, 0) is 6.07 Å². The lowest BCUT2D eigenvalue weighted by molar-refractivity contribution is 0.102. The van der Waals surface area contributed by atoms with E-state index in [-0.39, 0.29) is 10.9 Å². The molecule has 0 aliphatic rings. The van der Waals surface area contributed by atoms with Gasteiger partial charge in [-0.2, -0.15) is 5.10 Å². The molecule has 4 N–H and O–H groups in total. The number of nitrogens with two attached hydrogens (primary N) is 1. The van der Waals surface area contributed by atoms with Crippen LogP contribution >= 0.6 is 11.6 Å². The van der Waals surface area contributed by atoms with Crippen LogP contribution in [-0.2, 0) is 11.3 Å². The first kappa shape index (κ1) is 15.2. The zero-order valence-corrected chi connectivity index (χ0v) is 12.1. The number of nitrogens with zero attached hydrogens (tertiary/aromatic N) is 3. The van der Waals surface area contributed by atoms with Crippen LogP contribution in [0.3, 0.4) is 0 Å². The number of aromatic nitrogens is 3. The van der Waals surface area contributed by atoms with Crippen molar-refractivity contribution in [2.45, 2.75) is 6.54 Å². The first-order valence-electron chi connectivity index (χ1n) is 6.09. The topological polar surface area (TPSA) is 107 Å². The Kier molecular flexibility index (Phi) is 5.09. The largest absolute Gasteiger partial charge is 0.383 e. The first-order valence-corrected chi connectivity index (χ1v) is 6.46. The Morgan fingerprint density at radius 2 is 2.33 bits per heavy atom. The zero-order chi connectivity index (χ0) is 15.2. The summed E-state index contributed by atoms with van der Waals surface area (Å²) in [7, 11) is 1.61. The maximum atomic E-state index is 12.1. The van der Waals surface area contributed by atoms with E-state index in [9.17, 15) is 4.79 Å². The Morgan fingerprint density at radius 3 is 3.00 bits per heavy atom. The van der Waals surface area contributed by atoms with Gasteiger partial charge in [-0.1, -0.05) is 11.6 Å². The molecule has 0 unspecified atom stereocenters. The molecule has 0 saturated heterocycles. The van der Waals surface area contributed by atoms with Crippen molar-refractivity contribution >= 4 is 29.0 Å². The van der Waals surface area contributed by atoms with Crippen LogP contribution in [0.25, 0.3) is 0 Å². The highest BCUT2D eigenvalue weighted by atomic mass is 35.5. The summed E-state index contributed by atoms with van der Waals surface area (Å²) in [4.78, 5) is 16.0. The lowest BCUT2D eigenvalue weighted by atomic mass is 10.2. The third-order valence-electron chi connectivity index (χ3n) is 2.66. The third kappa shape index (κ3) is 3.91. The van der Waals surface area contributed by atoms with E-state index in [1.165, 1.54) is 12.3 Å². The van der Waals surface area contributed by atoms with E-state index >= 15 is 0 Å². The molecule has 0 aliphatic carbocycles. The van der Waals surface area contributed by atoms with Gasteiger partial charge in [0.2, 0.25) is 0 Å². The summed E-state index contributed by atoms with van der Waals surface area (Å²) in [5.74, 6) is 5.20. The molecule has 0 radical (unpaired) electrons. The van der Waals surface area contributed by atoms with E-state index in [0.717, 1.165) is 0 Å². The molecule has 2 rings (SSSR count). The molecule has 0 atom stereocenters. The van der Waals surface area contributed by atoms with Crippen molar-refractivity contribution in [3.05, 3.63) is 35.2 Å². The predicted molar refractivity (Wildman–Crippen MR) is 79.1 cm³/mol. The van der Waals surface area contributed by atoms with Crippen molar-refractivity contribution in [2.24, 2.45) is 5.84 Å². The molecule has 112 valence electrons. The molecule has 0 bridgehead atoms. The van der Waals surface area contributed by atoms with Crippen LogP contribution in [0.1, 0.15) is 10.4 Å². The lowest BCUT2D eigenvalue weighted by Gasteiger charge is -2.05.